The van der Waals surface area contributed by atoms with Crippen molar-refractivity contribution in [3.8, 4) is 0 Å². The zero-order valence-electron chi connectivity index (χ0n) is 8.59. The molecule has 2 nitrogen and oxygen atoms in total. The monoisotopic (exact) mass is 260 g/mol. The molecule has 80 valence electrons. The first-order chi connectivity index (χ1) is 6.70. The highest BCUT2D eigenvalue weighted by atomic mass is 79.9. The summed E-state index contributed by atoms with van der Waals surface area (Å²) in [4.78, 5) is 0. The van der Waals surface area contributed by atoms with E-state index in [2.05, 4.69) is 29.1 Å². The Bertz CT molecular complexity index is 209. The van der Waals surface area contributed by atoms with Crippen molar-refractivity contribution >= 4 is 15.9 Å². The van der Waals surface area contributed by atoms with Crippen molar-refractivity contribution in [3.63, 3.8) is 0 Å². The van der Waals surface area contributed by atoms with Gasteiger partial charge in [-0.05, 0) is 17.3 Å². The van der Waals surface area contributed by atoms with E-state index in [0.29, 0.717) is 13.4 Å². The molecule has 0 aromatic heterocycles. The van der Waals surface area contributed by atoms with E-state index in [1.807, 2.05) is 6.08 Å². The lowest BCUT2D eigenvalue weighted by atomic mass is 10.1. The first-order valence-corrected chi connectivity index (χ1v) is 5.20. The Kier molecular flexibility index (Phi) is 8.94. The summed E-state index contributed by atoms with van der Waals surface area (Å²) in [5.74, 6) is 0. The molecule has 0 N–H and O–H groups in total. The zero-order chi connectivity index (χ0) is 10.8. The van der Waals surface area contributed by atoms with Crippen molar-refractivity contribution in [3.05, 3.63) is 35.4 Å². The summed E-state index contributed by atoms with van der Waals surface area (Å²) >= 11 is 3.33. The van der Waals surface area contributed by atoms with Crippen LogP contribution in [0.3, 0.4) is 0 Å². The molecule has 0 saturated heterocycles. The van der Waals surface area contributed by atoms with Crippen LogP contribution >= 0.6 is 15.9 Å². The molecular weight excluding hydrogens is 244 g/mol. The van der Waals surface area contributed by atoms with Crippen LogP contribution in [0.15, 0.2) is 35.4 Å². The molecule has 0 aromatic carbocycles. The summed E-state index contributed by atoms with van der Waals surface area (Å²) in [6, 6.07) is 0. The SMILES string of the molecule is C=C/C=C(/CCOCOC)CC(=C)Br. The second kappa shape index (κ2) is 9.19. The van der Waals surface area contributed by atoms with Crippen LogP contribution in [0.5, 0.6) is 0 Å². The molecule has 0 aromatic rings. The van der Waals surface area contributed by atoms with E-state index < -0.39 is 0 Å². The van der Waals surface area contributed by atoms with Crippen LogP contribution in [-0.4, -0.2) is 20.5 Å². The molecule has 0 aliphatic carbocycles. The Morgan fingerprint density at radius 2 is 2.21 bits per heavy atom. The lowest BCUT2D eigenvalue weighted by Gasteiger charge is -2.06. The van der Waals surface area contributed by atoms with Gasteiger partial charge in [-0.15, -0.1) is 0 Å². The van der Waals surface area contributed by atoms with Gasteiger partial charge in [0.05, 0.1) is 6.61 Å². The number of halogens is 1. The second-order valence-electron chi connectivity index (χ2n) is 2.82. The lowest BCUT2D eigenvalue weighted by Crippen LogP contribution is -1.99. The van der Waals surface area contributed by atoms with Crippen LogP contribution in [0.2, 0.25) is 0 Å². The van der Waals surface area contributed by atoms with Gasteiger partial charge in [0, 0.05) is 7.11 Å². The second-order valence-corrected chi connectivity index (χ2v) is 3.94. The van der Waals surface area contributed by atoms with Crippen molar-refractivity contribution in [1.82, 2.24) is 0 Å². The van der Waals surface area contributed by atoms with E-state index in [1.54, 1.807) is 13.2 Å². The molecule has 3 heteroatoms. The molecule has 0 fully saturated rings. The van der Waals surface area contributed by atoms with E-state index in [1.165, 1.54) is 5.57 Å². The number of hydrogen-bond donors (Lipinski definition) is 0. The summed E-state index contributed by atoms with van der Waals surface area (Å²) in [6.07, 6.45) is 5.48. The standard InChI is InChI=1S/C11H17BrO2/c1-4-5-11(8-10(2)12)6-7-14-9-13-3/h4-5H,1-2,6-9H2,3H3/b11-5-. The minimum atomic E-state index is 0.344. The normalized spacial score (nSPS) is 11.4. The van der Waals surface area contributed by atoms with Gasteiger partial charge in [-0.3, -0.25) is 0 Å². The summed E-state index contributed by atoms with van der Waals surface area (Å²) < 4.78 is 10.9. The fraction of sp³-hybridized carbons (Fsp3) is 0.455. The van der Waals surface area contributed by atoms with Gasteiger partial charge in [0.1, 0.15) is 6.79 Å². The van der Waals surface area contributed by atoms with Crippen LogP contribution in [-0.2, 0) is 9.47 Å². The number of rotatable bonds is 8. The highest BCUT2D eigenvalue weighted by Gasteiger charge is 1.98. The highest BCUT2D eigenvalue weighted by Crippen LogP contribution is 2.17. The molecule has 0 amide bonds. The first kappa shape index (κ1) is 13.6. The lowest BCUT2D eigenvalue weighted by molar-refractivity contribution is -0.0292. The van der Waals surface area contributed by atoms with Gasteiger partial charge in [-0.25, -0.2) is 0 Å². The molecule has 0 bridgehead atoms. The molecule has 0 saturated carbocycles. The molecule has 0 rings (SSSR count). The molecule has 14 heavy (non-hydrogen) atoms. The maximum Gasteiger partial charge on any atom is 0.146 e. The van der Waals surface area contributed by atoms with Crippen molar-refractivity contribution < 1.29 is 9.47 Å². The first-order valence-electron chi connectivity index (χ1n) is 4.41. The van der Waals surface area contributed by atoms with Crippen LogP contribution in [0.4, 0.5) is 0 Å². The molecule has 0 radical (unpaired) electrons. The largest absolute Gasteiger partial charge is 0.359 e. The van der Waals surface area contributed by atoms with Gasteiger partial charge in [0.25, 0.3) is 0 Å². The number of hydrogen-bond acceptors (Lipinski definition) is 2. The minimum absolute atomic E-state index is 0.344. The Hall–Kier alpha value is -0.380. The quantitative estimate of drug-likeness (QED) is 0.378. The van der Waals surface area contributed by atoms with Crippen LogP contribution in [0, 0.1) is 0 Å². The predicted octanol–water partition coefficient (Wildman–Crippen LogP) is 3.41. The van der Waals surface area contributed by atoms with Gasteiger partial charge in [0.2, 0.25) is 0 Å². The van der Waals surface area contributed by atoms with Crippen molar-refractivity contribution in [1.29, 1.82) is 0 Å². The Morgan fingerprint density at radius 1 is 1.50 bits per heavy atom. The summed E-state index contributed by atoms with van der Waals surface area (Å²) in [6.45, 7) is 8.47. The van der Waals surface area contributed by atoms with E-state index in [-0.39, 0.29) is 0 Å². The van der Waals surface area contributed by atoms with Crippen molar-refractivity contribution in [2.45, 2.75) is 12.8 Å². The maximum absolute atomic E-state index is 5.20. The third-order valence-electron chi connectivity index (χ3n) is 1.54. The average molecular weight is 261 g/mol. The Balaban J connectivity index is 3.80. The third-order valence-corrected chi connectivity index (χ3v) is 1.82. The molecule has 0 spiro atoms. The number of allylic oxidation sites excluding steroid dienone is 3. The van der Waals surface area contributed by atoms with Crippen LogP contribution < -0.4 is 0 Å². The van der Waals surface area contributed by atoms with Gasteiger partial charge < -0.3 is 9.47 Å². The van der Waals surface area contributed by atoms with E-state index in [9.17, 15) is 0 Å². The Labute approximate surface area is 94.4 Å². The van der Waals surface area contributed by atoms with E-state index in [4.69, 9.17) is 9.47 Å². The van der Waals surface area contributed by atoms with Gasteiger partial charge in [0.15, 0.2) is 0 Å². The molecule has 0 atom stereocenters. The number of ether oxygens (including phenoxy) is 2. The topological polar surface area (TPSA) is 18.5 Å². The predicted molar refractivity (Wildman–Crippen MR) is 63.4 cm³/mol. The zero-order valence-corrected chi connectivity index (χ0v) is 10.2. The minimum Gasteiger partial charge on any atom is -0.359 e. The summed E-state index contributed by atoms with van der Waals surface area (Å²) in [5.41, 5.74) is 1.25. The third kappa shape index (κ3) is 8.23. The van der Waals surface area contributed by atoms with Gasteiger partial charge in [-0.1, -0.05) is 46.8 Å². The fourth-order valence-corrected chi connectivity index (χ4v) is 1.35. The van der Waals surface area contributed by atoms with Crippen LogP contribution in [0.25, 0.3) is 0 Å². The number of methoxy groups -OCH3 is 1. The molecule has 0 unspecified atom stereocenters. The average Bonchev–Trinajstić information content (AvgIpc) is 2.12. The van der Waals surface area contributed by atoms with Crippen LogP contribution in [0.1, 0.15) is 12.8 Å². The summed E-state index contributed by atoms with van der Waals surface area (Å²) in [7, 11) is 1.61. The van der Waals surface area contributed by atoms with Crippen molar-refractivity contribution in [2.75, 3.05) is 20.5 Å². The smallest absolute Gasteiger partial charge is 0.146 e. The van der Waals surface area contributed by atoms with E-state index >= 15 is 0 Å². The molecule has 0 aliphatic heterocycles. The highest BCUT2D eigenvalue weighted by molar-refractivity contribution is 9.11. The van der Waals surface area contributed by atoms with Crippen molar-refractivity contribution in [2.24, 2.45) is 0 Å². The maximum atomic E-state index is 5.20. The van der Waals surface area contributed by atoms with Gasteiger partial charge >= 0.3 is 0 Å². The molecular formula is C11H17BrO2. The fourth-order valence-electron chi connectivity index (χ4n) is 0.989. The summed E-state index contributed by atoms with van der Waals surface area (Å²) in [5, 5.41) is 0. The molecule has 0 heterocycles. The Morgan fingerprint density at radius 3 is 2.71 bits per heavy atom. The van der Waals surface area contributed by atoms with E-state index in [0.717, 1.165) is 17.3 Å². The molecule has 0 aliphatic rings. The van der Waals surface area contributed by atoms with Gasteiger partial charge in [-0.2, -0.15) is 0 Å².